The standard InChI is InChI=1S/C7H16N/c1-4-7-8(5-2)6-3/h1,4-7H2,2-3H3. The highest BCUT2D eigenvalue weighted by Gasteiger charge is 1.92. The van der Waals surface area contributed by atoms with Gasteiger partial charge in [-0.1, -0.05) is 20.8 Å². The van der Waals surface area contributed by atoms with E-state index in [9.17, 15) is 0 Å². The minimum Gasteiger partial charge on any atom is -0.304 e. The van der Waals surface area contributed by atoms with E-state index >= 15 is 0 Å². The second-order valence-electron chi connectivity index (χ2n) is 1.88. The van der Waals surface area contributed by atoms with Crippen molar-refractivity contribution in [2.45, 2.75) is 20.3 Å². The van der Waals surface area contributed by atoms with E-state index in [0.29, 0.717) is 0 Å². The number of hydrogen-bond donors (Lipinski definition) is 0. The fourth-order valence-electron chi connectivity index (χ4n) is 0.763. The summed E-state index contributed by atoms with van der Waals surface area (Å²) in [6.07, 6.45) is 1.03. The molecule has 0 spiro atoms. The molecule has 0 aromatic carbocycles. The first-order valence-electron chi connectivity index (χ1n) is 3.36. The number of nitrogens with zero attached hydrogens (tertiary/aromatic N) is 1. The molecule has 0 heterocycles. The molecule has 49 valence electrons. The lowest BCUT2D eigenvalue weighted by Crippen LogP contribution is -2.23. The molecule has 1 radical (unpaired) electrons. The summed E-state index contributed by atoms with van der Waals surface area (Å²) in [6.45, 7) is 11.6. The van der Waals surface area contributed by atoms with Gasteiger partial charge in [-0.3, -0.25) is 0 Å². The molecule has 0 aromatic rings. The van der Waals surface area contributed by atoms with Gasteiger partial charge in [0.15, 0.2) is 0 Å². The Morgan fingerprint density at radius 1 is 1.25 bits per heavy atom. The highest BCUT2D eigenvalue weighted by atomic mass is 15.1. The molecule has 0 amide bonds. The summed E-state index contributed by atoms with van der Waals surface area (Å²) in [5, 5.41) is 0. The molecule has 8 heavy (non-hydrogen) atoms. The maximum Gasteiger partial charge on any atom is -0.00190 e. The van der Waals surface area contributed by atoms with Crippen LogP contribution in [0.3, 0.4) is 0 Å². The van der Waals surface area contributed by atoms with Crippen molar-refractivity contribution in [3.8, 4) is 0 Å². The minimum absolute atomic E-state index is 1.03. The molecule has 0 unspecified atom stereocenters. The molecule has 0 bridgehead atoms. The average Bonchev–Trinajstić information content (AvgIpc) is 1.83. The Balaban J connectivity index is 3.07. The van der Waals surface area contributed by atoms with Gasteiger partial charge >= 0.3 is 0 Å². The van der Waals surface area contributed by atoms with Crippen LogP contribution in [0.15, 0.2) is 0 Å². The Hall–Kier alpha value is -0.0400. The van der Waals surface area contributed by atoms with Crippen molar-refractivity contribution in [1.82, 2.24) is 4.90 Å². The Kier molecular flexibility index (Phi) is 5.08. The lowest BCUT2D eigenvalue weighted by molar-refractivity contribution is 0.309. The van der Waals surface area contributed by atoms with E-state index in [-0.39, 0.29) is 0 Å². The van der Waals surface area contributed by atoms with E-state index in [1.807, 2.05) is 0 Å². The molecule has 0 aliphatic heterocycles. The Bertz CT molecular complexity index is 39.7. The molecule has 0 fully saturated rings. The van der Waals surface area contributed by atoms with Crippen LogP contribution in [-0.4, -0.2) is 24.5 Å². The van der Waals surface area contributed by atoms with E-state index < -0.39 is 0 Å². The SMILES string of the molecule is [CH2]CCN(CC)CC. The first-order chi connectivity index (χ1) is 3.85. The molecule has 0 atom stereocenters. The van der Waals surface area contributed by atoms with Crippen molar-refractivity contribution < 1.29 is 0 Å². The van der Waals surface area contributed by atoms with Crippen LogP contribution in [0.5, 0.6) is 0 Å². The van der Waals surface area contributed by atoms with Crippen molar-refractivity contribution in [1.29, 1.82) is 0 Å². The molecule has 0 saturated heterocycles. The van der Waals surface area contributed by atoms with Gasteiger partial charge in [-0.05, 0) is 26.1 Å². The summed E-state index contributed by atoms with van der Waals surface area (Å²) < 4.78 is 0. The van der Waals surface area contributed by atoms with Gasteiger partial charge in [0.1, 0.15) is 0 Å². The Morgan fingerprint density at radius 3 is 1.88 bits per heavy atom. The summed E-state index contributed by atoms with van der Waals surface area (Å²) in [6, 6.07) is 0. The van der Waals surface area contributed by atoms with Gasteiger partial charge in [0, 0.05) is 0 Å². The van der Waals surface area contributed by atoms with Gasteiger partial charge in [-0.2, -0.15) is 0 Å². The van der Waals surface area contributed by atoms with Crippen LogP contribution in [-0.2, 0) is 0 Å². The molecule has 1 nitrogen and oxygen atoms in total. The molecule has 0 aromatic heterocycles. The zero-order chi connectivity index (χ0) is 6.41. The molecule has 1 heteroatoms. The molecule has 0 saturated carbocycles. The minimum atomic E-state index is 1.03. The predicted molar refractivity (Wildman–Crippen MR) is 37.8 cm³/mol. The smallest absolute Gasteiger partial charge is 0.00190 e. The summed E-state index contributed by atoms with van der Waals surface area (Å²) in [5.74, 6) is 0. The van der Waals surface area contributed by atoms with Gasteiger partial charge < -0.3 is 4.90 Å². The maximum absolute atomic E-state index is 3.78. The third kappa shape index (κ3) is 3.03. The molecular weight excluding hydrogens is 98.1 g/mol. The Labute approximate surface area is 52.7 Å². The van der Waals surface area contributed by atoms with Crippen molar-refractivity contribution in [3.05, 3.63) is 6.92 Å². The number of hydrogen-bond acceptors (Lipinski definition) is 1. The second kappa shape index (κ2) is 5.10. The van der Waals surface area contributed by atoms with E-state index in [2.05, 4.69) is 25.7 Å². The fraction of sp³-hybridized carbons (Fsp3) is 0.857. The summed E-state index contributed by atoms with van der Waals surface area (Å²) in [4.78, 5) is 2.37. The Morgan fingerprint density at radius 2 is 1.75 bits per heavy atom. The second-order valence-corrected chi connectivity index (χ2v) is 1.88. The third-order valence-corrected chi connectivity index (χ3v) is 1.37. The van der Waals surface area contributed by atoms with E-state index in [4.69, 9.17) is 0 Å². The first-order valence-corrected chi connectivity index (χ1v) is 3.36. The lowest BCUT2D eigenvalue weighted by Gasteiger charge is -2.15. The zero-order valence-corrected chi connectivity index (χ0v) is 5.98. The van der Waals surface area contributed by atoms with Gasteiger partial charge in [0.2, 0.25) is 0 Å². The van der Waals surface area contributed by atoms with E-state index in [1.54, 1.807) is 0 Å². The average molecular weight is 114 g/mol. The monoisotopic (exact) mass is 114 g/mol. The number of rotatable bonds is 4. The molecule has 0 rings (SSSR count). The van der Waals surface area contributed by atoms with Crippen molar-refractivity contribution in [2.75, 3.05) is 19.6 Å². The highest BCUT2D eigenvalue weighted by Crippen LogP contribution is 1.87. The van der Waals surface area contributed by atoms with Gasteiger partial charge in [0.25, 0.3) is 0 Å². The predicted octanol–water partition coefficient (Wildman–Crippen LogP) is 1.55. The van der Waals surface area contributed by atoms with Crippen LogP contribution in [0.2, 0.25) is 0 Å². The normalized spacial score (nSPS) is 10.5. The van der Waals surface area contributed by atoms with Crippen LogP contribution in [0, 0.1) is 6.92 Å². The first kappa shape index (κ1) is 7.96. The van der Waals surface area contributed by atoms with Gasteiger partial charge in [0.05, 0.1) is 0 Å². The van der Waals surface area contributed by atoms with Gasteiger partial charge in [-0.15, -0.1) is 0 Å². The summed E-state index contributed by atoms with van der Waals surface area (Å²) in [7, 11) is 0. The molecule has 0 N–H and O–H groups in total. The van der Waals surface area contributed by atoms with Crippen LogP contribution in [0.1, 0.15) is 20.3 Å². The summed E-state index contributed by atoms with van der Waals surface area (Å²) >= 11 is 0. The quantitative estimate of drug-likeness (QED) is 0.536. The lowest BCUT2D eigenvalue weighted by atomic mass is 10.4. The molecule has 0 aliphatic rings. The van der Waals surface area contributed by atoms with Crippen LogP contribution >= 0.6 is 0 Å². The molecule has 0 aliphatic carbocycles. The largest absolute Gasteiger partial charge is 0.304 e. The van der Waals surface area contributed by atoms with Crippen molar-refractivity contribution in [3.63, 3.8) is 0 Å². The van der Waals surface area contributed by atoms with Crippen molar-refractivity contribution >= 4 is 0 Å². The van der Waals surface area contributed by atoms with Crippen LogP contribution in [0.4, 0.5) is 0 Å². The molecular formula is C7H16N. The van der Waals surface area contributed by atoms with Crippen molar-refractivity contribution in [2.24, 2.45) is 0 Å². The van der Waals surface area contributed by atoms with Crippen LogP contribution < -0.4 is 0 Å². The van der Waals surface area contributed by atoms with E-state index in [0.717, 1.165) is 26.1 Å². The summed E-state index contributed by atoms with van der Waals surface area (Å²) in [5.41, 5.74) is 0. The van der Waals surface area contributed by atoms with Gasteiger partial charge in [-0.25, -0.2) is 0 Å². The van der Waals surface area contributed by atoms with E-state index in [1.165, 1.54) is 0 Å². The maximum atomic E-state index is 3.78. The zero-order valence-electron chi connectivity index (χ0n) is 5.98. The highest BCUT2D eigenvalue weighted by molar-refractivity contribution is 4.51. The third-order valence-electron chi connectivity index (χ3n) is 1.37. The fourth-order valence-corrected chi connectivity index (χ4v) is 0.763. The topological polar surface area (TPSA) is 3.24 Å². The van der Waals surface area contributed by atoms with Crippen LogP contribution in [0.25, 0.3) is 0 Å².